The van der Waals surface area contributed by atoms with Gasteiger partial charge in [0.2, 0.25) is 0 Å². The zero-order chi connectivity index (χ0) is 12.3. The second-order valence-electron chi connectivity index (χ2n) is 3.70. The van der Waals surface area contributed by atoms with Gasteiger partial charge in [-0.15, -0.1) is 11.3 Å². The third kappa shape index (κ3) is 3.06. The molecule has 0 amide bonds. The lowest BCUT2D eigenvalue weighted by Crippen LogP contribution is -2.11. The Labute approximate surface area is 109 Å². The molecule has 0 spiro atoms. The Hall–Kier alpha value is -0.900. The molecule has 1 nitrogen and oxygen atoms in total. The first kappa shape index (κ1) is 12.6. The van der Waals surface area contributed by atoms with E-state index in [4.69, 9.17) is 11.6 Å². The largest absolute Gasteiger partial charge is 0.313 e. The molecular weight excluding hydrogens is 257 g/mol. The van der Waals surface area contributed by atoms with Crippen LogP contribution in [-0.4, -0.2) is 6.54 Å². The van der Waals surface area contributed by atoms with Gasteiger partial charge in [-0.05, 0) is 36.4 Å². The summed E-state index contributed by atoms with van der Waals surface area (Å²) in [6.45, 7) is 3.70. The van der Waals surface area contributed by atoms with Crippen molar-refractivity contribution in [1.29, 1.82) is 0 Å². The van der Waals surface area contributed by atoms with E-state index in [1.54, 1.807) is 12.1 Å². The Kier molecular flexibility index (Phi) is 4.15. The Balaban J connectivity index is 2.32. The van der Waals surface area contributed by atoms with Gasteiger partial charge in [0.15, 0.2) is 0 Å². The van der Waals surface area contributed by atoms with E-state index in [1.807, 2.05) is 19.1 Å². The van der Waals surface area contributed by atoms with Gasteiger partial charge in [0.25, 0.3) is 0 Å². The molecule has 0 aliphatic heterocycles. The van der Waals surface area contributed by atoms with Crippen molar-refractivity contribution in [1.82, 2.24) is 5.32 Å². The van der Waals surface area contributed by atoms with Crippen LogP contribution in [0.5, 0.6) is 0 Å². The van der Waals surface area contributed by atoms with Crippen LogP contribution in [0.2, 0.25) is 4.34 Å². The monoisotopic (exact) mass is 269 g/mol. The topological polar surface area (TPSA) is 12.0 Å². The van der Waals surface area contributed by atoms with Gasteiger partial charge in [-0.1, -0.05) is 24.6 Å². The van der Waals surface area contributed by atoms with Crippen LogP contribution < -0.4 is 5.32 Å². The van der Waals surface area contributed by atoms with Crippen LogP contribution in [0.25, 0.3) is 10.4 Å². The zero-order valence-corrected chi connectivity index (χ0v) is 11.0. The van der Waals surface area contributed by atoms with Gasteiger partial charge in [-0.25, -0.2) is 4.39 Å². The Morgan fingerprint density at radius 3 is 2.76 bits per heavy atom. The van der Waals surface area contributed by atoms with Crippen molar-refractivity contribution in [3.63, 3.8) is 0 Å². The van der Waals surface area contributed by atoms with E-state index in [9.17, 15) is 4.39 Å². The van der Waals surface area contributed by atoms with Crippen LogP contribution in [-0.2, 0) is 6.54 Å². The molecule has 0 fully saturated rings. The van der Waals surface area contributed by atoms with Crippen LogP contribution in [0.4, 0.5) is 4.39 Å². The Morgan fingerprint density at radius 1 is 1.29 bits per heavy atom. The first-order valence-corrected chi connectivity index (χ1v) is 6.65. The molecule has 2 rings (SSSR count). The molecule has 0 radical (unpaired) electrons. The normalized spacial score (nSPS) is 10.8. The molecule has 0 aliphatic rings. The van der Waals surface area contributed by atoms with Gasteiger partial charge >= 0.3 is 0 Å². The highest BCUT2D eigenvalue weighted by molar-refractivity contribution is 7.19. The van der Waals surface area contributed by atoms with Crippen molar-refractivity contribution in [2.45, 2.75) is 13.5 Å². The van der Waals surface area contributed by atoms with Crippen molar-refractivity contribution < 1.29 is 4.39 Å². The summed E-state index contributed by atoms with van der Waals surface area (Å²) in [7, 11) is 0. The van der Waals surface area contributed by atoms with Gasteiger partial charge in [-0.2, -0.15) is 0 Å². The van der Waals surface area contributed by atoms with Gasteiger partial charge < -0.3 is 5.32 Å². The van der Waals surface area contributed by atoms with Crippen molar-refractivity contribution >= 4 is 22.9 Å². The summed E-state index contributed by atoms with van der Waals surface area (Å²) in [6, 6.07) is 8.83. The highest BCUT2D eigenvalue weighted by Crippen LogP contribution is 2.33. The minimum absolute atomic E-state index is 0.205. The molecule has 1 heterocycles. The molecule has 17 heavy (non-hydrogen) atoms. The molecule has 0 atom stereocenters. The van der Waals surface area contributed by atoms with Crippen LogP contribution in [0.15, 0.2) is 30.3 Å². The van der Waals surface area contributed by atoms with Crippen molar-refractivity contribution in [3.8, 4) is 10.4 Å². The standard InChI is InChI=1S/C13H13ClFNS/c1-2-16-8-9-3-4-11(15)10(7-9)12-5-6-13(14)17-12/h3-7,16H,2,8H2,1H3. The third-order valence-electron chi connectivity index (χ3n) is 2.45. The van der Waals surface area contributed by atoms with Crippen molar-refractivity contribution in [3.05, 3.63) is 46.0 Å². The molecule has 0 bridgehead atoms. The molecular formula is C13H13ClFNS. The molecule has 0 saturated heterocycles. The number of hydrogen-bond donors (Lipinski definition) is 1. The second kappa shape index (κ2) is 5.63. The highest BCUT2D eigenvalue weighted by atomic mass is 35.5. The van der Waals surface area contributed by atoms with E-state index >= 15 is 0 Å². The quantitative estimate of drug-likeness (QED) is 0.872. The lowest BCUT2D eigenvalue weighted by atomic mass is 10.1. The summed E-state index contributed by atoms with van der Waals surface area (Å²) in [5.41, 5.74) is 1.70. The minimum atomic E-state index is -0.205. The lowest BCUT2D eigenvalue weighted by molar-refractivity contribution is 0.629. The highest BCUT2D eigenvalue weighted by Gasteiger charge is 2.08. The van der Waals surface area contributed by atoms with Crippen molar-refractivity contribution in [2.24, 2.45) is 0 Å². The predicted octanol–water partition coefficient (Wildman–Crippen LogP) is 4.32. The fraction of sp³-hybridized carbons (Fsp3) is 0.231. The number of thiophene rings is 1. The maximum absolute atomic E-state index is 13.7. The lowest BCUT2D eigenvalue weighted by Gasteiger charge is -2.05. The number of nitrogens with one attached hydrogen (secondary N) is 1. The van der Waals surface area contributed by atoms with Crippen LogP contribution in [0, 0.1) is 5.82 Å². The zero-order valence-electron chi connectivity index (χ0n) is 9.47. The van der Waals surface area contributed by atoms with Crippen LogP contribution in [0.1, 0.15) is 12.5 Å². The summed E-state index contributed by atoms with van der Waals surface area (Å²) in [6.07, 6.45) is 0. The predicted molar refractivity (Wildman–Crippen MR) is 72.1 cm³/mol. The minimum Gasteiger partial charge on any atom is -0.313 e. The maximum atomic E-state index is 13.7. The van der Waals surface area contributed by atoms with E-state index in [-0.39, 0.29) is 5.82 Å². The van der Waals surface area contributed by atoms with Gasteiger partial charge in [-0.3, -0.25) is 0 Å². The number of benzene rings is 1. The fourth-order valence-corrected chi connectivity index (χ4v) is 2.66. The van der Waals surface area contributed by atoms with E-state index in [2.05, 4.69) is 5.32 Å². The number of hydrogen-bond acceptors (Lipinski definition) is 2. The molecule has 1 N–H and O–H groups in total. The molecule has 0 saturated carbocycles. The molecule has 1 aromatic carbocycles. The Bertz CT molecular complexity index is 510. The first-order chi connectivity index (χ1) is 8.20. The summed E-state index contributed by atoms with van der Waals surface area (Å²) in [4.78, 5) is 0.867. The molecule has 2 aromatic rings. The Morgan fingerprint density at radius 2 is 2.12 bits per heavy atom. The van der Waals surface area contributed by atoms with Gasteiger partial charge in [0, 0.05) is 17.0 Å². The van der Waals surface area contributed by atoms with E-state index < -0.39 is 0 Å². The van der Waals surface area contributed by atoms with E-state index in [0.717, 1.165) is 23.5 Å². The van der Waals surface area contributed by atoms with E-state index in [1.165, 1.54) is 17.4 Å². The van der Waals surface area contributed by atoms with Crippen molar-refractivity contribution in [2.75, 3.05) is 6.54 Å². The number of rotatable bonds is 4. The van der Waals surface area contributed by atoms with Gasteiger partial charge in [0.1, 0.15) is 5.82 Å². The van der Waals surface area contributed by atoms with Crippen LogP contribution >= 0.6 is 22.9 Å². The summed E-state index contributed by atoms with van der Waals surface area (Å²) in [5, 5.41) is 3.22. The summed E-state index contributed by atoms with van der Waals surface area (Å²) < 4.78 is 14.4. The summed E-state index contributed by atoms with van der Waals surface area (Å²) in [5.74, 6) is -0.205. The fourth-order valence-electron chi connectivity index (χ4n) is 1.60. The third-order valence-corrected chi connectivity index (χ3v) is 3.71. The smallest absolute Gasteiger partial charge is 0.131 e. The summed E-state index contributed by atoms with van der Waals surface area (Å²) >= 11 is 7.26. The second-order valence-corrected chi connectivity index (χ2v) is 5.41. The first-order valence-electron chi connectivity index (χ1n) is 5.45. The van der Waals surface area contributed by atoms with E-state index in [0.29, 0.717) is 9.90 Å². The maximum Gasteiger partial charge on any atom is 0.131 e. The number of halogens is 2. The molecule has 90 valence electrons. The average Bonchev–Trinajstić information content (AvgIpc) is 2.75. The molecule has 4 heteroatoms. The van der Waals surface area contributed by atoms with Gasteiger partial charge in [0.05, 0.1) is 4.34 Å². The molecule has 1 aromatic heterocycles. The SMILES string of the molecule is CCNCc1ccc(F)c(-c2ccc(Cl)s2)c1. The average molecular weight is 270 g/mol. The molecule has 0 unspecified atom stereocenters. The molecule has 0 aliphatic carbocycles. The van der Waals surface area contributed by atoms with Crippen LogP contribution in [0.3, 0.4) is 0 Å².